The molecule has 0 heterocycles. The minimum absolute atomic E-state index is 0.0251. The van der Waals surface area contributed by atoms with E-state index in [1.54, 1.807) is 0 Å². The normalized spacial score (nSPS) is 13.8. The van der Waals surface area contributed by atoms with Crippen molar-refractivity contribution in [1.29, 1.82) is 0 Å². The van der Waals surface area contributed by atoms with Gasteiger partial charge >= 0.3 is 12.4 Å². The summed E-state index contributed by atoms with van der Waals surface area (Å²) < 4.78 is 73.6. The fraction of sp³-hybridized carbons (Fsp3) is 0.833. The Morgan fingerprint density at radius 1 is 1.08 bits per heavy atom. The molecule has 1 radical (unpaired) electrons. The molecule has 0 unspecified atom stereocenters. The minimum Gasteiger partial charge on any atom is -0.355 e. The molecular weight excluding hydrogens is 202 g/mol. The van der Waals surface area contributed by atoms with Crippen molar-refractivity contribution in [3.05, 3.63) is 6.61 Å². The lowest BCUT2D eigenvalue weighted by atomic mass is 10.3. The number of alkyl halides is 6. The van der Waals surface area contributed by atoms with E-state index >= 15 is 0 Å². The summed E-state index contributed by atoms with van der Waals surface area (Å²) in [5.41, 5.74) is 0. The second-order valence-electron chi connectivity index (χ2n) is 2.17. The number of hydrogen-bond donors (Lipinski definition) is 0. The predicted octanol–water partition coefficient (Wildman–Crippen LogP) is 3.07. The number of ether oxygens (including phenoxy) is 1. The van der Waals surface area contributed by atoms with Gasteiger partial charge < -0.3 is 4.74 Å². The summed E-state index contributed by atoms with van der Waals surface area (Å²) in [5.74, 6) is 0. The smallest absolute Gasteiger partial charge is 0.355 e. The minimum atomic E-state index is -5.43. The van der Waals surface area contributed by atoms with E-state index < -0.39 is 18.5 Å². The molecule has 0 aromatic carbocycles. The Bertz CT molecular complexity index is 134. The van der Waals surface area contributed by atoms with E-state index in [4.69, 9.17) is 0 Å². The summed E-state index contributed by atoms with van der Waals surface area (Å²) in [5, 5.41) is 0. The van der Waals surface area contributed by atoms with Crippen molar-refractivity contribution in [2.75, 3.05) is 0 Å². The second-order valence-corrected chi connectivity index (χ2v) is 2.17. The third kappa shape index (κ3) is 4.35. The van der Waals surface area contributed by atoms with E-state index in [0.29, 0.717) is 6.61 Å². The van der Waals surface area contributed by atoms with Crippen LogP contribution in [0.15, 0.2) is 0 Å². The fourth-order valence-corrected chi connectivity index (χ4v) is 0.532. The van der Waals surface area contributed by atoms with Crippen molar-refractivity contribution in [3.8, 4) is 0 Å². The molecule has 0 rings (SSSR count). The Morgan fingerprint density at radius 2 is 1.46 bits per heavy atom. The average molecular weight is 209 g/mol. The molecule has 0 aliphatic carbocycles. The Morgan fingerprint density at radius 3 is 1.69 bits per heavy atom. The van der Waals surface area contributed by atoms with Crippen molar-refractivity contribution in [2.45, 2.75) is 31.8 Å². The molecule has 79 valence electrons. The Balaban J connectivity index is 4.39. The van der Waals surface area contributed by atoms with Gasteiger partial charge in [0.15, 0.2) is 0 Å². The summed E-state index contributed by atoms with van der Waals surface area (Å²) in [6, 6.07) is 0. The van der Waals surface area contributed by atoms with E-state index in [9.17, 15) is 26.3 Å². The van der Waals surface area contributed by atoms with Gasteiger partial charge in [-0.25, -0.2) is 0 Å². The Hall–Kier alpha value is -0.460. The Kier molecular flexibility index (Phi) is 4.02. The quantitative estimate of drug-likeness (QED) is 0.649. The third-order valence-electron chi connectivity index (χ3n) is 0.994. The van der Waals surface area contributed by atoms with Crippen LogP contribution in [0, 0.1) is 6.61 Å². The maximum absolute atomic E-state index is 11.7. The van der Waals surface area contributed by atoms with Crippen molar-refractivity contribution in [1.82, 2.24) is 0 Å². The molecule has 0 saturated carbocycles. The number of halogens is 6. The van der Waals surface area contributed by atoms with Crippen molar-refractivity contribution in [2.24, 2.45) is 0 Å². The zero-order chi connectivity index (χ0) is 10.7. The molecule has 0 aromatic heterocycles. The molecule has 0 aromatic rings. The maximum Gasteiger partial charge on any atom is 0.423 e. The van der Waals surface area contributed by atoms with Crippen LogP contribution in [0.2, 0.25) is 0 Å². The maximum atomic E-state index is 11.7. The van der Waals surface area contributed by atoms with E-state index in [1.165, 1.54) is 6.92 Å². The highest BCUT2D eigenvalue weighted by Gasteiger charge is 2.57. The largest absolute Gasteiger partial charge is 0.423 e. The summed E-state index contributed by atoms with van der Waals surface area (Å²) in [6.45, 7) is 1.84. The molecule has 0 aliphatic heterocycles. The van der Waals surface area contributed by atoms with Crippen LogP contribution in [-0.2, 0) is 4.74 Å². The third-order valence-corrected chi connectivity index (χ3v) is 0.994. The zero-order valence-corrected chi connectivity index (χ0v) is 6.54. The second kappa shape index (κ2) is 4.17. The van der Waals surface area contributed by atoms with Gasteiger partial charge in [-0.15, -0.1) is 0 Å². The summed E-state index contributed by atoms with van der Waals surface area (Å²) in [7, 11) is 0. The van der Waals surface area contributed by atoms with Crippen LogP contribution in [-0.4, -0.2) is 18.5 Å². The van der Waals surface area contributed by atoms with Gasteiger partial charge in [-0.1, -0.05) is 6.92 Å². The van der Waals surface area contributed by atoms with Crippen LogP contribution in [0.4, 0.5) is 26.3 Å². The Labute approximate surface area is 70.7 Å². The summed E-state index contributed by atoms with van der Waals surface area (Å²) in [6.07, 6.45) is -14.6. The van der Waals surface area contributed by atoms with Crippen molar-refractivity contribution >= 4 is 0 Å². The predicted molar refractivity (Wildman–Crippen MR) is 31.6 cm³/mol. The summed E-state index contributed by atoms with van der Waals surface area (Å²) in [4.78, 5) is 0. The van der Waals surface area contributed by atoms with E-state index in [1.807, 2.05) is 0 Å². The van der Waals surface area contributed by atoms with Crippen LogP contribution < -0.4 is 0 Å². The molecule has 0 spiro atoms. The lowest BCUT2D eigenvalue weighted by molar-refractivity contribution is -0.314. The molecule has 0 N–H and O–H groups in total. The van der Waals surface area contributed by atoms with Gasteiger partial charge in [0.05, 0.1) is 6.61 Å². The lowest BCUT2D eigenvalue weighted by Crippen LogP contribution is -2.43. The molecule has 0 amide bonds. The van der Waals surface area contributed by atoms with E-state index in [0.717, 1.165) is 0 Å². The zero-order valence-electron chi connectivity index (χ0n) is 6.54. The average Bonchev–Trinajstić information content (AvgIpc) is 1.81. The van der Waals surface area contributed by atoms with Crippen LogP contribution in [0.3, 0.4) is 0 Å². The van der Waals surface area contributed by atoms with Gasteiger partial charge in [0.25, 0.3) is 0 Å². The highest BCUT2D eigenvalue weighted by atomic mass is 19.4. The fourth-order valence-electron chi connectivity index (χ4n) is 0.532. The topological polar surface area (TPSA) is 9.23 Å². The first-order chi connectivity index (χ1) is 5.69. The summed E-state index contributed by atoms with van der Waals surface area (Å²) >= 11 is 0. The van der Waals surface area contributed by atoms with Gasteiger partial charge in [0.1, 0.15) is 0 Å². The molecule has 0 saturated heterocycles. The molecule has 7 heteroatoms. The van der Waals surface area contributed by atoms with Crippen molar-refractivity contribution < 1.29 is 31.1 Å². The van der Waals surface area contributed by atoms with Crippen molar-refractivity contribution in [3.63, 3.8) is 0 Å². The van der Waals surface area contributed by atoms with E-state index in [-0.39, 0.29) is 6.42 Å². The molecule has 0 aliphatic rings. The van der Waals surface area contributed by atoms with Gasteiger partial charge in [-0.3, -0.25) is 0 Å². The molecule has 0 bridgehead atoms. The molecule has 0 fully saturated rings. The van der Waals surface area contributed by atoms with Gasteiger partial charge in [0.2, 0.25) is 6.10 Å². The van der Waals surface area contributed by atoms with Gasteiger partial charge in [0, 0.05) is 0 Å². The molecule has 1 nitrogen and oxygen atoms in total. The highest BCUT2D eigenvalue weighted by Crippen LogP contribution is 2.36. The van der Waals surface area contributed by atoms with Gasteiger partial charge in [-0.2, -0.15) is 26.3 Å². The SMILES string of the molecule is CC[CH]OC(C(F)(F)F)C(F)(F)F. The number of hydrogen-bond acceptors (Lipinski definition) is 1. The van der Waals surface area contributed by atoms with Crippen LogP contribution in [0.1, 0.15) is 13.3 Å². The molecular formula is C6H7F6O. The first-order valence-electron chi connectivity index (χ1n) is 3.30. The molecule has 0 atom stereocenters. The first-order valence-corrected chi connectivity index (χ1v) is 3.30. The van der Waals surface area contributed by atoms with Crippen LogP contribution in [0.25, 0.3) is 0 Å². The standard InChI is InChI=1S/C6H7F6O/c1-2-3-13-4(5(7,8)9)6(10,11)12/h3-4H,2H2,1H3. The van der Waals surface area contributed by atoms with Crippen LogP contribution in [0.5, 0.6) is 0 Å². The monoisotopic (exact) mass is 209 g/mol. The molecule has 13 heavy (non-hydrogen) atoms. The van der Waals surface area contributed by atoms with Gasteiger partial charge in [-0.05, 0) is 6.42 Å². The lowest BCUT2D eigenvalue weighted by Gasteiger charge is -2.22. The van der Waals surface area contributed by atoms with E-state index in [2.05, 4.69) is 4.74 Å². The number of rotatable bonds is 3. The highest BCUT2D eigenvalue weighted by molar-refractivity contribution is 4.77. The first kappa shape index (κ1) is 12.5. The van der Waals surface area contributed by atoms with Crippen LogP contribution >= 0.6 is 0 Å².